The summed E-state index contributed by atoms with van der Waals surface area (Å²) in [4.78, 5) is 13.3. The molecule has 0 heterocycles. The highest BCUT2D eigenvalue weighted by Crippen LogP contribution is 2.40. The molecule has 24 heavy (non-hydrogen) atoms. The summed E-state index contributed by atoms with van der Waals surface area (Å²) in [5.41, 5.74) is -2.27. The van der Waals surface area contributed by atoms with E-state index in [1.165, 1.54) is 0 Å². The van der Waals surface area contributed by atoms with Crippen LogP contribution in [0.1, 0.15) is 5.56 Å². The van der Waals surface area contributed by atoms with Crippen LogP contribution in [0.5, 0.6) is 11.5 Å². The second-order valence-corrected chi connectivity index (χ2v) is 5.22. The molecule has 0 aliphatic heterocycles. The van der Waals surface area contributed by atoms with Crippen LogP contribution in [0.4, 0.5) is 32.0 Å². The van der Waals surface area contributed by atoms with Gasteiger partial charge < -0.3 is 4.74 Å². The number of halogens is 7. The fraction of sp³-hybridized carbons (Fsp3) is 0.0714. The number of carbonyl (C=O) groups excluding carboxylic acids is 1. The number of alkyl halides is 3. The van der Waals surface area contributed by atoms with Gasteiger partial charge in [0.05, 0.1) is 5.56 Å². The molecule has 0 fully saturated rings. The smallest absolute Gasteiger partial charge is 0.416 e. The normalized spacial score (nSPS) is 11.1. The molecule has 0 radical (unpaired) electrons. The molecule has 2 rings (SSSR count). The summed E-state index contributed by atoms with van der Waals surface area (Å²) < 4.78 is 83.6. The van der Waals surface area contributed by atoms with Crippen LogP contribution in [0.25, 0.3) is 0 Å². The lowest BCUT2D eigenvalue weighted by atomic mass is 10.2. The van der Waals surface area contributed by atoms with Gasteiger partial charge in [-0.05, 0) is 24.3 Å². The average Bonchev–Trinajstić information content (AvgIpc) is 2.45. The van der Waals surface area contributed by atoms with Crippen LogP contribution in [-0.4, -0.2) is 6.08 Å². The summed E-state index contributed by atoms with van der Waals surface area (Å²) in [7, 11) is 0. The molecule has 126 valence electrons. The van der Waals surface area contributed by atoms with Crippen LogP contribution >= 0.6 is 15.9 Å². The van der Waals surface area contributed by atoms with Crippen molar-refractivity contribution < 1.29 is 35.9 Å². The molecule has 0 aliphatic carbocycles. The fourth-order valence-corrected chi connectivity index (χ4v) is 2.11. The van der Waals surface area contributed by atoms with Gasteiger partial charge >= 0.3 is 6.18 Å². The fourth-order valence-electron chi connectivity index (χ4n) is 1.71. The van der Waals surface area contributed by atoms with Crippen LogP contribution in [0, 0.1) is 17.5 Å². The number of isocyanates is 1. The molecule has 3 nitrogen and oxygen atoms in total. The third-order valence-corrected chi connectivity index (χ3v) is 3.15. The van der Waals surface area contributed by atoms with Crippen molar-refractivity contribution in [3.8, 4) is 11.5 Å². The van der Waals surface area contributed by atoms with Gasteiger partial charge in [0.15, 0.2) is 34.6 Å². The van der Waals surface area contributed by atoms with E-state index in [-0.39, 0.29) is 16.6 Å². The van der Waals surface area contributed by atoms with Crippen LogP contribution in [-0.2, 0) is 11.0 Å². The summed E-state index contributed by atoms with van der Waals surface area (Å²) in [5, 5.41) is 0. The summed E-state index contributed by atoms with van der Waals surface area (Å²) in [6.45, 7) is 0. The van der Waals surface area contributed by atoms with Gasteiger partial charge in [-0.2, -0.15) is 18.2 Å². The number of benzene rings is 2. The van der Waals surface area contributed by atoms with E-state index < -0.39 is 46.4 Å². The molecule has 0 unspecified atom stereocenters. The Morgan fingerprint density at radius 3 is 2.08 bits per heavy atom. The van der Waals surface area contributed by atoms with Gasteiger partial charge in [0.2, 0.25) is 6.08 Å². The monoisotopic (exact) mass is 411 g/mol. The number of ether oxygens (including phenoxy) is 1. The SMILES string of the molecule is O=C=Nc1c(F)cc(Br)cc1Oc1c(F)cc(C(F)(F)F)cc1F. The number of nitrogens with zero attached hydrogens (tertiary/aromatic N) is 1. The van der Waals surface area contributed by atoms with Crippen molar-refractivity contribution in [2.45, 2.75) is 6.18 Å². The predicted molar refractivity (Wildman–Crippen MR) is 73.3 cm³/mol. The predicted octanol–water partition coefficient (Wildman–Crippen LogP) is 5.64. The maximum absolute atomic E-state index is 13.8. The molecular weight excluding hydrogens is 408 g/mol. The number of rotatable bonds is 3. The van der Waals surface area contributed by atoms with Crippen molar-refractivity contribution in [2.75, 3.05) is 0 Å². The minimum Gasteiger partial charge on any atom is -0.449 e. The van der Waals surface area contributed by atoms with E-state index in [0.29, 0.717) is 0 Å². The highest BCUT2D eigenvalue weighted by Gasteiger charge is 2.33. The molecule has 0 spiro atoms. The second-order valence-electron chi connectivity index (χ2n) is 4.31. The molecule has 0 aliphatic rings. The maximum Gasteiger partial charge on any atom is 0.416 e. The largest absolute Gasteiger partial charge is 0.449 e. The van der Waals surface area contributed by atoms with Gasteiger partial charge in [0, 0.05) is 4.47 Å². The molecule has 0 aromatic heterocycles. The van der Waals surface area contributed by atoms with Crippen LogP contribution in [0.3, 0.4) is 0 Å². The molecule has 0 amide bonds. The van der Waals surface area contributed by atoms with Gasteiger partial charge in [-0.3, -0.25) is 0 Å². The molecule has 0 saturated heterocycles. The van der Waals surface area contributed by atoms with E-state index in [4.69, 9.17) is 4.74 Å². The van der Waals surface area contributed by atoms with Crippen molar-refractivity contribution in [2.24, 2.45) is 4.99 Å². The second kappa shape index (κ2) is 6.66. The Balaban J connectivity index is 2.55. The first-order valence-electron chi connectivity index (χ1n) is 5.94. The molecule has 0 atom stereocenters. The lowest BCUT2D eigenvalue weighted by molar-refractivity contribution is -0.138. The standard InChI is InChI=1S/C14H4BrF6NO2/c15-7-3-8(16)12(22-5-23)11(4-7)24-13-9(17)1-6(2-10(13)18)14(19,20)21/h1-4H. The highest BCUT2D eigenvalue weighted by atomic mass is 79.9. The Morgan fingerprint density at radius 1 is 1.00 bits per heavy atom. The van der Waals surface area contributed by atoms with Crippen molar-refractivity contribution in [3.63, 3.8) is 0 Å². The third-order valence-electron chi connectivity index (χ3n) is 2.69. The number of hydrogen-bond donors (Lipinski definition) is 0. The lowest BCUT2D eigenvalue weighted by Gasteiger charge is -2.13. The van der Waals surface area contributed by atoms with Crippen LogP contribution in [0.15, 0.2) is 33.7 Å². The van der Waals surface area contributed by atoms with E-state index in [1.807, 2.05) is 0 Å². The van der Waals surface area contributed by atoms with E-state index >= 15 is 0 Å². The average molecular weight is 412 g/mol. The first kappa shape index (κ1) is 18.0. The van der Waals surface area contributed by atoms with E-state index in [2.05, 4.69) is 20.9 Å². The minimum absolute atomic E-state index is 0.0232. The van der Waals surface area contributed by atoms with Gasteiger partial charge in [-0.25, -0.2) is 18.0 Å². The van der Waals surface area contributed by atoms with Crippen molar-refractivity contribution in [1.29, 1.82) is 0 Å². The van der Waals surface area contributed by atoms with Crippen molar-refractivity contribution >= 4 is 27.7 Å². The Kier molecular flexibility index (Phi) is 5.00. The zero-order valence-corrected chi connectivity index (χ0v) is 12.8. The Labute approximate surface area is 138 Å². The Bertz CT molecular complexity index is 823. The summed E-state index contributed by atoms with van der Waals surface area (Å²) in [5.74, 6) is -6.20. The van der Waals surface area contributed by atoms with Crippen molar-refractivity contribution in [1.82, 2.24) is 0 Å². The number of aliphatic imine (C=N–C) groups is 1. The van der Waals surface area contributed by atoms with E-state index in [1.54, 1.807) is 0 Å². The topological polar surface area (TPSA) is 38.7 Å². The number of hydrogen-bond acceptors (Lipinski definition) is 3. The van der Waals surface area contributed by atoms with E-state index in [0.717, 1.165) is 18.2 Å². The van der Waals surface area contributed by atoms with E-state index in [9.17, 15) is 31.1 Å². The lowest BCUT2D eigenvalue weighted by Crippen LogP contribution is -2.07. The maximum atomic E-state index is 13.8. The summed E-state index contributed by atoms with van der Waals surface area (Å²) >= 11 is 2.89. The minimum atomic E-state index is -4.96. The van der Waals surface area contributed by atoms with Crippen LogP contribution < -0.4 is 4.74 Å². The third kappa shape index (κ3) is 3.77. The van der Waals surface area contributed by atoms with Gasteiger partial charge in [0.25, 0.3) is 0 Å². The molecule has 2 aromatic rings. The quantitative estimate of drug-likeness (QED) is 0.372. The molecule has 2 aromatic carbocycles. The zero-order valence-electron chi connectivity index (χ0n) is 11.2. The zero-order chi connectivity index (χ0) is 18.1. The molecule has 0 N–H and O–H groups in total. The van der Waals surface area contributed by atoms with Crippen molar-refractivity contribution in [3.05, 3.63) is 51.8 Å². The van der Waals surface area contributed by atoms with Gasteiger partial charge in [0.1, 0.15) is 0 Å². The van der Waals surface area contributed by atoms with Gasteiger partial charge in [-0.15, -0.1) is 0 Å². The first-order chi connectivity index (χ1) is 11.1. The highest BCUT2D eigenvalue weighted by molar-refractivity contribution is 9.10. The molecule has 0 bridgehead atoms. The molecule has 0 saturated carbocycles. The summed E-state index contributed by atoms with van der Waals surface area (Å²) in [6, 6.07) is 1.96. The Hall–Kier alpha value is -2.32. The Morgan fingerprint density at radius 2 is 1.58 bits per heavy atom. The summed E-state index contributed by atoms with van der Waals surface area (Å²) in [6.07, 6.45) is -3.93. The molecular formula is C14H4BrF6NO2. The molecule has 10 heteroatoms. The van der Waals surface area contributed by atoms with Crippen LogP contribution in [0.2, 0.25) is 0 Å². The first-order valence-corrected chi connectivity index (χ1v) is 6.73. The van der Waals surface area contributed by atoms with Gasteiger partial charge in [-0.1, -0.05) is 15.9 Å².